The summed E-state index contributed by atoms with van der Waals surface area (Å²) >= 11 is 5.61. The van der Waals surface area contributed by atoms with Crippen molar-refractivity contribution in [3.63, 3.8) is 0 Å². The van der Waals surface area contributed by atoms with Crippen molar-refractivity contribution in [2.75, 3.05) is 48.0 Å². The largest absolute Gasteiger partial charge is 0.486 e. The molecular weight excluding hydrogens is 460 g/mol. The Labute approximate surface area is 213 Å². The highest BCUT2D eigenvalue weighted by molar-refractivity contribution is 7.80. The van der Waals surface area contributed by atoms with E-state index in [1.807, 2.05) is 18.2 Å². The number of piperidine rings is 2. The Morgan fingerprint density at radius 2 is 1.83 bits per heavy atom. The summed E-state index contributed by atoms with van der Waals surface area (Å²) in [5, 5.41) is 7.03. The fourth-order valence-electron chi connectivity index (χ4n) is 5.15. The van der Waals surface area contributed by atoms with Crippen LogP contribution in [0.15, 0.2) is 24.3 Å². The van der Waals surface area contributed by atoms with Crippen molar-refractivity contribution in [1.29, 1.82) is 0 Å². The highest BCUT2D eigenvalue weighted by Crippen LogP contribution is 2.31. The van der Waals surface area contributed by atoms with E-state index in [2.05, 4.69) is 40.3 Å². The molecule has 2 N–H and O–H groups in total. The van der Waals surface area contributed by atoms with Gasteiger partial charge in [-0.15, -0.1) is 0 Å². The molecule has 2 fully saturated rings. The number of rotatable bonds is 5. The quantitative estimate of drug-likeness (QED) is 0.588. The van der Waals surface area contributed by atoms with Crippen molar-refractivity contribution in [2.45, 2.75) is 58.5 Å². The maximum Gasteiger partial charge on any atom is 0.232 e. The summed E-state index contributed by atoms with van der Waals surface area (Å²) in [6.45, 7) is 9.42. The van der Waals surface area contributed by atoms with Gasteiger partial charge in [0, 0.05) is 38.3 Å². The zero-order valence-electron chi connectivity index (χ0n) is 20.8. The van der Waals surface area contributed by atoms with Gasteiger partial charge in [-0.05, 0) is 74.9 Å². The van der Waals surface area contributed by atoms with E-state index in [1.165, 1.54) is 32.1 Å². The second kappa shape index (κ2) is 10.8. The minimum Gasteiger partial charge on any atom is -0.486 e. The standard InChI is InChI=1S/C26H36N6O2S/c1-18-6-5-10-31(17-18)23-15-24(32-11-4-3-7-19(32)2)29-25(28-23)30-26(35)27-16-20-8-9-21-22(14-20)34-13-12-33-21/h8-9,14-15,18-19H,3-7,10-13,16-17H2,1-2H3,(H2,27,28,29,30,35)/t18-,19-/m0/s1. The van der Waals surface area contributed by atoms with E-state index < -0.39 is 0 Å². The Hall–Kier alpha value is -2.81. The number of aromatic nitrogens is 2. The second-order valence-corrected chi connectivity index (χ2v) is 10.3. The molecular formula is C26H36N6O2S. The Balaban J connectivity index is 1.30. The van der Waals surface area contributed by atoms with Crippen molar-refractivity contribution in [3.8, 4) is 11.5 Å². The molecule has 0 amide bonds. The number of nitrogens with zero attached hydrogens (tertiary/aromatic N) is 4. The van der Waals surface area contributed by atoms with E-state index in [1.54, 1.807) is 0 Å². The van der Waals surface area contributed by atoms with Gasteiger partial charge in [0.2, 0.25) is 5.95 Å². The van der Waals surface area contributed by atoms with Gasteiger partial charge in [-0.3, -0.25) is 0 Å². The Morgan fingerprint density at radius 1 is 1.00 bits per heavy atom. The van der Waals surface area contributed by atoms with Gasteiger partial charge in [0.05, 0.1) is 0 Å². The SMILES string of the molecule is C[C@H]1CCCN(c2cc(N3CCCC[C@@H]3C)nc(NC(=S)NCc3ccc4c(c3)OCCO4)n2)C1. The molecule has 0 radical (unpaired) electrons. The van der Waals surface area contributed by atoms with Crippen LogP contribution in [-0.2, 0) is 6.54 Å². The normalized spacial score (nSPS) is 22.0. The zero-order valence-corrected chi connectivity index (χ0v) is 21.6. The van der Waals surface area contributed by atoms with E-state index >= 15 is 0 Å². The fraction of sp³-hybridized carbons (Fsp3) is 0.577. The number of nitrogens with one attached hydrogen (secondary N) is 2. The van der Waals surface area contributed by atoms with Crippen LogP contribution in [0, 0.1) is 5.92 Å². The zero-order chi connectivity index (χ0) is 24.2. The lowest BCUT2D eigenvalue weighted by Gasteiger charge is -2.36. The average molecular weight is 497 g/mol. The van der Waals surface area contributed by atoms with Crippen molar-refractivity contribution in [3.05, 3.63) is 29.8 Å². The fourth-order valence-corrected chi connectivity index (χ4v) is 5.31. The Kier molecular flexibility index (Phi) is 7.41. The summed E-state index contributed by atoms with van der Waals surface area (Å²) in [5.74, 6) is 4.75. The van der Waals surface area contributed by atoms with Gasteiger partial charge in [-0.2, -0.15) is 9.97 Å². The van der Waals surface area contributed by atoms with Gasteiger partial charge in [0.25, 0.3) is 0 Å². The van der Waals surface area contributed by atoms with E-state index in [0.29, 0.717) is 42.8 Å². The maximum absolute atomic E-state index is 5.69. The van der Waals surface area contributed by atoms with Crippen LogP contribution in [-0.4, -0.2) is 54.0 Å². The molecule has 4 heterocycles. The monoisotopic (exact) mass is 496 g/mol. The average Bonchev–Trinajstić information content (AvgIpc) is 2.87. The molecule has 1 aromatic carbocycles. The smallest absolute Gasteiger partial charge is 0.232 e. The van der Waals surface area contributed by atoms with E-state index in [0.717, 1.165) is 48.3 Å². The number of thiocarbonyl (C=S) groups is 1. The summed E-state index contributed by atoms with van der Waals surface area (Å²) in [6, 6.07) is 8.60. The first-order chi connectivity index (χ1) is 17.0. The molecule has 0 spiro atoms. The predicted molar refractivity (Wildman–Crippen MR) is 144 cm³/mol. The lowest BCUT2D eigenvalue weighted by Crippen LogP contribution is -2.39. The molecule has 2 atom stereocenters. The summed E-state index contributed by atoms with van der Waals surface area (Å²) in [5.41, 5.74) is 1.07. The van der Waals surface area contributed by atoms with Gasteiger partial charge in [-0.25, -0.2) is 0 Å². The number of benzene rings is 1. The van der Waals surface area contributed by atoms with Crippen molar-refractivity contribution in [2.24, 2.45) is 5.92 Å². The molecule has 2 saturated heterocycles. The van der Waals surface area contributed by atoms with Crippen molar-refractivity contribution >= 4 is 34.9 Å². The van der Waals surface area contributed by atoms with Crippen LogP contribution in [0.2, 0.25) is 0 Å². The van der Waals surface area contributed by atoms with Crippen molar-refractivity contribution < 1.29 is 9.47 Å². The van der Waals surface area contributed by atoms with Crippen LogP contribution in [0.1, 0.15) is 51.5 Å². The van der Waals surface area contributed by atoms with Gasteiger partial charge < -0.3 is 29.9 Å². The molecule has 9 heteroatoms. The first-order valence-electron chi connectivity index (χ1n) is 12.9. The maximum atomic E-state index is 5.69. The molecule has 35 heavy (non-hydrogen) atoms. The van der Waals surface area contributed by atoms with Crippen molar-refractivity contribution in [1.82, 2.24) is 15.3 Å². The highest BCUT2D eigenvalue weighted by atomic mass is 32.1. The number of hydrogen-bond acceptors (Lipinski definition) is 7. The molecule has 0 unspecified atom stereocenters. The van der Waals surface area contributed by atoms with Crippen LogP contribution in [0.25, 0.3) is 0 Å². The molecule has 5 rings (SSSR count). The lowest BCUT2D eigenvalue weighted by atomic mass is 10.0. The first kappa shape index (κ1) is 23.9. The van der Waals surface area contributed by atoms with E-state index in [-0.39, 0.29) is 0 Å². The third kappa shape index (κ3) is 5.89. The molecule has 2 aromatic rings. The summed E-state index contributed by atoms with van der Waals surface area (Å²) < 4.78 is 11.3. The molecule has 8 nitrogen and oxygen atoms in total. The number of ether oxygens (including phenoxy) is 2. The van der Waals surface area contributed by atoms with Crippen LogP contribution in [0.3, 0.4) is 0 Å². The van der Waals surface area contributed by atoms with E-state index in [9.17, 15) is 0 Å². The molecule has 3 aliphatic heterocycles. The summed E-state index contributed by atoms with van der Waals surface area (Å²) in [4.78, 5) is 14.6. The Morgan fingerprint density at radius 3 is 2.66 bits per heavy atom. The van der Waals surface area contributed by atoms with Gasteiger partial charge in [0.1, 0.15) is 24.8 Å². The molecule has 188 valence electrons. The minimum absolute atomic E-state index is 0.472. The van der Waals surface area contributed by atoms with Gasteiger partial charge in [0.15, 0.2) is 16.6 Å². The van der Waals surface area contributed by atoms with Crippen LogP contribution < -0.4 is 29.9 Å². The number of anilines is 3. The predicted octanol–water partition coefficient (Wildman–Crippen LogP) is 4.35. The minimum atomic E-state index is 0.472. The second-order valence-electron chi connectivity index (χ2n) is 9.93. The molecule has 0 aliphatic carbocycles. The first-order valence-corrected chi connectivity index (χ1v) is 13.3. The van der Waals surface area contributed by atoms with Crippen LogP contribution in [0.5, 0.6) is 11.5 Å². The molecule has 0 bridgehead atoms. The molecule has 0 saturated carbocycles. The third-order valence-corrected chi connectivity index (χ3v) is 7.31. The highest BCUT2D eigenvalue weighted by Gasteiger charge is 2.24. The van der Waals surface area contributed by atoms with Gasteiger partial charge >= 0.3 is 0 Å². The lowest BCUT2D eigenvalue weighted by molar-refractivity contribution is 0.171. The topological polar surface area (TPSA) is 74.8 Å². The number of hydrogen-bond donors (Lipinski definition) is 2. The van der Waals surface area contributed by atoms with Gasteiger partial charge in [-0.1, -0.05) is 13.0 Å². The third-order valence-electron chi connectivity index (χ3n) is 7.06. The summed E-state index contributed by atoms with van der Waals surface area (Å²) in [7, 11) is 0. The molecule has 1 aromatic heterocycles. The van der Waals surface area contributed by atoms with Crippen LogP contribution in [0.4, 0.5) is 17.6 Å². The summed E-state index contributed by atoms with van der Waals surface area (Å²) in [6.07, 6.45) is 6.13. The van der Waals surface area contributed by atoms with E-state index in [4.69, 9.17) is 31.7 Å². The molecule has 3 aliphatic rings. The number of fused-ring (bicyclic) bond motifs is 1. The Bertz CT molecular complexity index is 1050. The van der Waals surface area contributed by atoms with Crippen LogP contribution >= 0.6 is 12.2 Å².